The zero-order valence-electron chi connectivity index (χ0n) is 9.48. The van der Waals surface area contributed by atoms with Gasteiger partial charge in [-0.25, -0.2) is 19.9 Å². The van der Waals surface area contributed by atoms with Gasteiger partial charge in [0, 0.05) is 7.05 Å². The van der Waals surface area contributed by atoms with Gasteiger partial charge >= 0.3 is 5.69 Å². The minimum Gasteiger partial charge on any atom is -0.273 e. The van der Waals surface area contributed by atoms with Crippen molar-refractivity contribution in [1.29, 1.82) is 0 Å². The number of rotatable bonds is 2. The summed E-state index contributed by atoms with van der Waals surface area (Å²) in [5, 5.41) is 7.56. The zero-order chi connectivity index (χ0) is 12.6. The lowest BCUT2D eigenvalue weighted by molar-refractivity contribution is 0.764. The van der Waals surface area contributed by atoms with Gasteiger partial charge in [-0.05, 0) is 25.6 Å². The first-order chi connectivity index (χ1) is 7.99. The molecular formula is C9H10ClN5OS. The van der Waals surface area contributed by atoms with E-state index < -0.39 is 0 Å². The summed E-state index contributed by atoms with van der Waals surface area (Å²) < 4.78 is 1.39. The summed E-state index contributed by atoms with van der Waals surface area (Å²) in [6.07, 6.45) is 0. The highest BCUT2D eigenvalue weighted by Gasteiger charge is 2.12. The first-order valence-electron chi connectivity index (χ1n) is 4.79. The molecule has 0 unspecified atom stereocenters. The average molecular weight is 272 g/mol. The number of halogens is 1. The van der Waals surface area contributed by atoms with E-state index >= 15 is 0 Å². The second-order valence-corrected chi connectivity index (χ2v) is 4.78. The summed E-state index contributed by atoms with van der Waals surface area (Å²) in [5.41, 5.74) is 1.31. The Morgan fingerprint density at radius 3 is 2.53 bits per heavy atom. The summed E-state index contributed by atoms with van der Waals surface area (Å²) in [6.45, 7) is 3.69. The fraction of sp³-hybridized carbons (Fsp3) is 0.333. The Hall–Kier alpha value is -1.34. The molecule has 6 nitrogen and oxygen atoms in total. The van der Waals surface area contributed by atoms with Gasteiger partial charge in [0.2, 0.25) is 0 Å². The number of aromatic amines is 1. The molecule has 0 aliphatic heterocycles. The van der Waals surface area contributed by atoms with Crippen LogP contribution in [0.2, 0.25) is 5.15 Å². The highest BCUT2D eigenvalue weighted by atomic mass is 35.5. The van der Waals surface area contributed by atoms with Crippen molar-refractivity contribution < 1.29 is 0 Å². The Balaban J connectivity index is 2.40. The van der Waals surface area contributed by atoms with Crippen molar-refractivity contribution >= 4 is 23.4 Å². The first kappa shape index (κ1) is 12.1. The van der Waals surface area contributed by atoms with Crippen LogP contribution in [0.5, 0.6) is 0 Å². The third-order valence-corrected chi connectivity index (χ3v) is 3.66. The number of hydrogen-bond donors (Lipinski definition) is 1. The van der Waals surface area contributed by atoms with Crippen molar-refractivity contribution in [2.45, 2.75) is 24.0 Å². The molecule has 2 aromatic heterocycles. The highest BCUT2D eigenvalue weighted by Crippen LogP contribution is 2.28. The van der Waals surface area contributed by atoms with Gasteiger partial charge in [0.15, 0.2) is 10.3 Å². The largest absolute Gasteiger partial charge is 0.343 e. The topological polar surface area (TPSA) is 76.5 Å². The maximum Gasteiger partial charge on any atom is 0.343 e. The summed E-state index contributed by atoms with van der Waals surface area (Å²) >= 11 is 7.19. The third kappa shape index (κ3) is 2.34. The zero-order valence-corrected chi connectivity index (χ0v) is 11.1. The van der Waals surface area contributed by atoms with Crippen molar-refractivity contribution in [1.82, 2.24) is 24.7 Å². The molecule has 0 saturated heterocycles. The van der Waals surface area contributed by atoms with E-state index in [0.29, 0.717) is 15.3 Å². The van der Waals surface area contributed by atoms with Crippen molar-refractivity contribution in [2.24, 2.45) is 7.05 Å². The van der Waals surface area contributed by atoms with Gasteiger partial charge in [-0.2, -0.15) is 0 Å². The van der Waals surface area contributed by atoms with Gasteiger partial charge in [-0.3, -0.25) is 4.57 Å². The second kappa shape index (κ2) is 4.50. The van der Waals surface area contributed by atoms with Crippen LogP contribution in [0, 0.1) is 13.8 Å². The fourth-order valence-electron chi connectivity index (χ4n) is 1.13. The lowest BCUT2D eigenvalue weighted by atomic mass is 10.4. The molecule has 0 spiro atoms. The number of aryl methyl sites for hydroxylation is 2. The van der Waals surface area contributed by atoms with Crippen LogP contribution in [0.15, 0.2) is 15.0 Å². The van der Waals surface area contributed by atoms with E-state index in [9.17, 15) is 4.79 Å². The predicted molar refractivity (Wildman–Crippen MR) is 64.5 cm³/mol. The van der Waals surface area contributed by atoms with Crippen LogP contribution < -0.4 is 5.69 Å². The number of nitrogens with zero attached hydrogens (tertiary/aromatic N) is 4. The quantitative estimate of drug-likeness (QED) is 0.891. The van der Waals surface area contributed by atoms with Gasteiger partial charge in [0.1, 0.15) is 5.03 Å². The van der Waals surface area contributed by atoms with Crippen LogP contribution in [0.25, 0.3) is 0 Å². The van der Waals surface area contributed by atoms with Crippen LogP contribution in [-0.4, -0.2) is 24.7 Å². The van der Waals surface area contributed by atoms with Gasteiger partial charge in [-0.1, -0.05) is 11.6 Å². The Morgan fingerprint density at radius 1 is 1.29 bits per heavy atom. The van der Waals surface area contributed by atoms with E-state index in [1.54, 1.807) is 7.05 Å². The third-order valence-electron chi connectivity index (χ3n) is 2.26. The molecule has 0 radical (unpaired) electrons. The maximum atomic E-state index is 11.2. The fourth-order valence-corrected chi connectivity index (χ4v) is 2.21. The molecule has 2 heterocycles. The van der Waals surface area contributed by atoms with Crippen LogP contribution in [0.4, 0.5) is 0 Å². The smallest absolute Gasteiger partial charge is 0.273 e. The Morgan fingerprint density at radius 2 is 1.94 bits per heavy atom. The molecule has 17 heavy (non-hydrogen) atoms. The minimum absolute atomic E-state index is 0.277. The lowest BCUT2D eigenvalue weighted by Crippen LogP contribution is -2.12. The van der Waals surface area contributed by atoms with Gasteiger partial charge in [0.05, 0.1) is 11.4 Å². The molecule has 0 aliphatic carbocycles. The van der Waals surface area contributed by atoms with E-state index in [1.807, 2.05) is 13.8 Å². The number of nitrogens with one attached hydrogen (secondary N) is 1. The number of hydrogen-bond acceptors (Lipinski definition) is 5. The summed E-state index contributed by atoms with van der Waals surface area (Å²) in [4.78, 5) is 19.7. The SMILES string of the molecule is Cc1nc(Cl)c(Sc2n[nH]c(=O)n2C)nc1C. The van der Waals surface area contributed by atoms with Gasteiger partial charge < -0.3 is 0 Å². The molecule has 0 atom stereocenters. The summed E-state index contributed by atoms with van der Waals surface area (Å²) in [7, 11) is 1.62. The van der Waals surface area contributed by atoms with Crippen molar-refractivity contribution in [3.63, 3.8) is 0 Å². The van der Waals surface area contributed by atoms with Crippen LogP contribution in [0.1, 0.15) is 11.4 Å². The second-order valence-electron chi connectivity index (χ2n) is 3.46. The normalized spacial score (nSPS) is 10.8. The molecule has 8 heteroatoms. The van der Waals surface area contributed by atoms with E-state index in [-0.39, 0.29) is 5.69 Å². The van der Waals surface area contributed by atoms with E-state index in [2.05, 4.69) is 20.2 Å². The monoisotopic (exact) mass is 271 g/mol. The van der Waals surface area contributed by atoms with E-state index in [4.69, 9.17) is 11.6 Å². The molecule has 90 valence electrons. The molecule has 0 fully saturated rings. The van der Waals surface area contributed by atoms with Gasteiger partial charge in [-0.15, -0.1) is 5.10 Å². The summed E-state index contributed by atoms with van der Waals surface area (Å²) in [5.74, 6) is 0. The molecule has 1 N–H and O–H groups in total. The highest BCUT2D eigenvalue weighted by molar-refractivity contribution is 7.99. The molecular weight excluding hydrogens is 262 g/mol. The van der Waals surface area contributed by atoms with Crippen molar-refractivity contribution in [3.8, 4) is 0 Å². The number of aromatic nitrogens is 5. The van der Waals surface area contributed by atoms with Crippen LogP contribution >= 0.6 is 23.4 Å². The molecule has 0 aromatic carbocycles. The lowest BCUT2D eigenvalue weighted by Gasteiger charge is -2.04. The molecule has 0 saturated carbocycles. The molecule has 2 aromatic rings. The van der Waals surface area contributed by atoms with Crippen LogP contribution in [0.3, 0.4) is 0 Å². The van der Waals surface area contributed by atoms with E-state index in [0.717, 1.165) is 11.4 Å². The van der Waals surface area contributed by atoms with Crippen molar-refractivity contribution in [3.05, 3.63) is 27.0 Å². The Kier molecular flexibility index (Phi) is 3.21. The molecule has 0 amide bonds. The maximum absolute atomic E-state index is 11.2. The van der Waals surface area contributed by atoms with Crippen molar-refractivity contribution in [2.75, 3.05) is 0 Å². The van der Waals surface area contributed by atoms with E-state index in [1.165, 1.54) is 16.3 Å². The predicted octanol–water partition coefficient (Wildman–Crippen LogP) is 1.32. The Bertz CT molecular complexity index is 620. The molecule has 2 rings (SSSR count). The minimum atomic E-state index is -0.277. The average Bonchev–Trinajstić information content (AvgIpc) is 2.58. The number of H-pyrrole nitrogens is 1. The molecule has 0 aliphatic rings. The Labute approximate surface area is 106 Å². The van der Waals surface area contributed by atoms with Gasteiger partial charge in [0.25, 0.3) is 0 Å². The summed E-state index contributed by atoms with van der Waals surface area (Å²) in [6, 6.07) is 0. The first-order valence-corrected chi connectivity index (χ1v) is 5.98. The standard InChI is InChI=1S/C9H10ClN5OS/c1-4-5(2)12-7(6(10)11-4)17-9-14-13-8(16)15(9)3/h1-3H3,(H,13,16). The van der Waals surface area contributed by atoms with Crippen LogP contribution in [-0.2, 0) is 7.05 Å². The molecule has 0 bridgehead atoms.